The Morgan fingerprint density at radius 3 is 2.62 bits per heavy atom. The number of hydrogen-bond acceptors (Lipinski definition) is 2. The number of aryl methyl sites for hydroxylation is 1. The summed E-state index contributed by atoms with van der Waals surface area (Å²) >= 11 is 1.64. The van der Waals surface area contributed by atoms with E-state index in [0.29, 0.717) is 13.0 Å². The van der Waals surface area contributed by atoms with Gasteiger partial charge in [0.05, 0.1) is 18.2 Å². The molecule has 1 amide bonds. The largest absolute Gasteiger partial charge is 0.325 e. The average molecular weight is 399 g/mol. The van der Waals surface area contributed by atoms with Crippen LogP contribution in [0.2, 0.25) is 0 Å². The fourth-order valence-electron chi connectivity index (χ4n) is 4.15. The van der Waals surface area contributed by atoms with E-state index in [2.05, 4.69) is 78.4 Å². The van der Waals surface area contributed by atoms with Gasteiger partial charge in [-0.25, -0.2) is 0 Å². The van der Waals surface area contributed by atoms with E-state index in [9.17, 15) is 4.79 Å². The van der Waals surface area contributed by atoms with Gasteiger partial charge in [0.2, 0.25) is 5.91 Å². The van der Waals surface area contributed by atoms with Crippen LogP contribution < -0.4 is 0 Å². The van der Waals surface area contributed by atoms with E-state index < -0.39 is 0 Å². The molecule has 0 saturated carbocycles. The topological polar surface area (TPSA) is 25.2 Å². The van der Waals surface area contributed by atoms with Crippen molar-refractivity contribution in [3.8, 4) is 5.69 Å². The molecule has 1 atom stereocenters. The van der Waals surface area contributed by atoms with Gasteiger partial charge in [-0.15, -0.1) is 11.3 Å². The maximum atomic E-state index is 13.5. The molecule has 0 N–H and O–H groups in total. The highest BCUT2D eigenvalue weighted by Gasteiger charge is 2.32. The molecule has 0 bridgehead atoms. The number of nitrogens with zero attached hydrogens (tertiary/aromatic N) is 2. The Kier molecular flexibility index (Phi) is 4.57. The highest BCUT2D eigenvalue weighted by molar-refractivity contribution is 7.10. The standard InChI is InChI=1S/C25H22N2OS/c1-18-10-12-19(13-11-18)25-23-9-4-14-26(23)22-8-3-2-6-20(22)17-27(25)24(28)16-21-7-5-15-29-21/h2-15,25H,16-17H2,1H3. The molecule has 29 heavy (non-hydrogen) atoms. The first-order valence-corrected chi connectivity index (χ1v) is 10.7. The summed E-state index contributed by atoms with van der Waals surface area (Å²) in [5.41, 5.74) is 5.80. The molecule has 3 heterocycles. The van der Waals surface area contributed by atoms with Crippen molar-refractivity contribution in [1.82, 2.24) is 9.47 Å². The van der Waals surface area contributed by atoms with Crippen molar-refractivity contribution in [2.24, 2.45) is 0 Å². The third-order valence-electron chi connectivity index (χ3n) is 5.58. The lowest BCUT2D eigenvalue weighted by molar-refractivity contribution is -0.132. The first-order chi connectivity index (χ1) is 14.2. The number of thiophene rings is 1. The van der Waals surface area contributed by atoms with Gasteiger partial charge in [0, 0.05) is 23.3 Å². The minimum absolute atomic E-state index is 0.120. The minimum atomic E-state index is -0.120. The molecule has 1 unspecified atom stereocenters. The number of rotatable bonds is 3. The third kappa shape index (κ3) is 3.30. The van der Waals surface area contributed by atoms with Crippen LogP contribution in [-0.4, -0.2) is 15.4 Å². The first kappa shape index (κ1) is 18.0. The van der Waals surface area contributed by atoms with Gasteiger partial charge < -0.3 is 9.47 Å². The van der Waals surface area contributed by atoms with Crippen LogP contribution in [0.15, 0.2) is 84.4 Å². The van der Waals surface area contributed by atoms with Gasteiger partial charge in [0.25, 0.3) is 0 Å². The van der Waals surface area contributed by atoms with E-state index in [0.717, 1.165) is 21.8 Å². The van der Waals surface area contributed by atoms with E-state index in [4.69, 9.17) is 0 Å². The van der Waals surface area contributed by atoms with Gasteiger partial charge in [-0.05, 0) is 47.7 Å². The Labute approximate surface area is 174 Å². The maximum absolute atomic E-state index is 13.5. The van der Waals surface area contributed by atoms with Crippen LogP contribution in [0, 0.1) is 6.92 Å². The van der Waals surface area contributed by atoms with Crippen LogP contribution in [0.4, 0.5) is 0 Å². The van der Waals surface area contributed by atoms with Crippen molar-refractivity contribution >= 4 is 17.2 Å². The molecular weight excluding hydrogens is 376 g/mol. The fourth-order valence-corrected chi connectivity index (χ4v) is 4.84. The van der Waals surface area contributed by atoms with Crippen molar-refractivity contribution in [3.05, 3.63) is 112 Å². The van der Waals surface area contributed by atoms with Crippen LogP contribution in [0.3, 0.4) is 0 Å². The molecule has 0 aliphatic carbocycles. The van der Waals surface area contributed by atoms with Gasteiger partial charge in [0.1, 0.15) is 0 Å². The molecule has 0 saturated heterocycles. The zero-order valence-electron chi connectivity index (χ0n) is 16.3. The molecule has 144 valence electrons. The quantitative estimate of drug-likeness (QED) is 0.446. The summed E-state index contributed by atoms with van der Waals surface area (Å²) in [5.74, 6) is 0.155. The first-order valence-electron chi connectivity index (χ1n) is 9.84. The maximum Gasteiger partial charge on any atom is 0.228 e. The molecule has 4 aromatic rings. The van der Waals surface area contributed by atoms with Gasteiger partial charge in [-0.2, -0.15) is 0 Å². The molecule has 4 heteroatoms. The van der Waals surface area contributed by atoms with Crippen LogP contribution in [0.5, 0.6) is 0 Å². The van der Waals surface area contributed by atoms with E-state index in [-0.39, 0.29) is 11.9 Å². The molecule has 0 fully saturated rings. The molecule has 2 aromatic carbocycles. The Hall–Kier alpha value is -3.11. The molecule has 0 spiro atoms. The molecule has 3 nitrogen and oxygen atoms in total. The van der Waals surface area contributed by atoms with Crippen molar-refractivity contribution < 1.29 is 4.79 Å². The van der Waals surface area contributed by atoms with E-state index in [1.54, 1.807) is 11.3 Å². The predicted octanol–water partition coefficient (Wildman–Crippen LogP) is 5.52. The fraction of sp³-hybridized carbons (Fsp3) is 0.160. The lowest BCUT2D eigenvalue weighted by Gasteiger charge is -2.31. The number of benzene rings is 2. The lowest BCUT2D eigenvalue weighted by Crippen LogP contribution is -2.35. The average Bonchev–Trinajstić information content (AvgIpc) is 3.39. The lowest BCUT2D eigenvalue weighted by atomic mass is 10.00. The molecular formula is C25H22N2OS. The summed E-state index contributed by atoms with van der Waals surface area (Å²) in [4.78, 5) is 16.7. The van der Waals surface area contributed by atoms with Crippen LogP contribution in [0.1, 0.15) is 33.3 Å². The summed E-state index contributed by atoms with van der Waals surface area (Å²) < 4.78 is 2.23. The second-order valence-electron chi connectivity index (χ2n) is 7.52. The van der Waals surface area contributed by atoms with Crippen LogP contribution in [0.25, 0.3) is 5.69 Å². The number of amides is 1. The smallest absolute Gasteiger partial charge is 0.228 e. The summed E-state index contributed by atoms with van der Waals surface area (Å²) in [7, 11) is 0. The van der Waals surface area contributed by atoms with Crippen LogP contribution in [-0.2, 0) is 17.8 Å². The highest BCUT2D eigenvalue weighted by Crippen LogP contribution is 2.37. The van der Waals surface area contributed by atoms with Crippen LogP contribution >= 0.6 is 11.3 Å². The Balaban J connectivity index is 1.65. The van der Waals surface area contributed by atoms with Gasteiger partial charge in [-0.1, -0.05) is 54.1 Å². The van der Waals surface area contributed by atoms with E-state index in [1.165, 1.54) is 11.1 Å². The van der Waals surface area contributed by atoms with Gasteiger partial charge in [-0.3, -0.25) is 4.79 Å². The zero-order valence-corrected chi connectivity index (χ0v) is 17.1. The van der Waals surface area contributed by atoms with Gasteiger partial charge in [0.15, 0.2) is 0 Å². The number of aromatic nitrogens is 1. The molecule has 0 radical (unpaired) electrons. The molecule has 1 aliphatic heterocycles. The second-order valence-corrected chi connectivity index (χ2v) is 8.56. The summed E-state index contributed by atoms with van der Waals surface area (Å²) in [6.07, 6.45) is 2.53. The monoisotopic (exact) mass is 398 g/mol. The highest BCUT2D eigenvalue weighted by atomic mass is 32.1. The van der Waals surface area contributed by atoms with Crippen molar-refractivity contribution in [3.63, 3.8) is 0 Å². The van der Waals surface area contributed by atoms with Crippen molar-refractivity contribution in [2.75, 3.05) is 0 Å². The number of hydrogen-bond donors (Lipinski definition) is 0. The molecule has 2 aromatic heterocycles. The zero-order chi connectivity index (χ0) is 19.8. The Morgan fingerprint density at radius 1 is 1.00 bits per heavy atom. The normalized spacial score (nSPS) is 15.5. The summed E-state index contributed by atoms with van der Waals surface area (Å²) in [6.45, 7) is 2.69. The second kappa shape index (κ2) is 7.37. The number of para-hydroxylation sites is 1. The van der Waals surface area contributed by atoms with E-state index >= 15 is 0 Å². The summed E-state index contributed by atoms with van der Waals surface area (Å²) in [5, 5.41) is 2.03. The predicted molar refractivity (Wildman–Crippen MR) is 117 cm³/mol. The van der Waals surface area contributed by atoms with Crippen molar-refractivity contribution in [2.45, 2.75) is 25.9 Å². The number of fused-ring (bicyclic) bond motifs is 3. The molecule has 5 rings (SSSR count). The number of carbonyl (C=O) groups excluding carboxylic acids is 1. The molecule has 1 aliphatic rings. The third-order valence-corrected chi connectivity index (χ3v) is 6.46. The van der Waals surface area contributed by atoms with Gasteiger partial charge >= 0.3 is 0 Å². The number of carbonyl (C=O) groups is 1. The Morgan fingerprint density at radius 2 is 1.83 bits per heavy atom. The van der Waals surface area contributed by atoms with Crippen molar-refractivity contribution in [1.29, 1.82) is 0 Å². The summed E-state index contributed by atoms with van der Waals surface area (Å²) in [6, 6.07) is 25.1. The SMILES string of the molecule is Cc1ccc(C2c3cccn3-c3ccccc3CN2C(=O)Cc2cccs2)cc1. The van der Waals surface area contributed by atoms with E-state index in [1.807, 2.05) is 22.4 Å². The Bertz CT molecular complexity index is 1140. The minimum Gasteiger partial charge on any atom is -0.325 e.